The van der Waals surface area contributed by atoms with Crippen molar-refractivity contribution in [1.29, 1.82) is 0 Å². The first kappa shape index (κ1) is 18.2. The first-order valence-corrected chi connectivity index (χ1v) is 8.56. The van der Waals surface area contributed by atoms with Crippen LogP contribution in [0, 0.1) is 6.92 Å². The predicted molar refractivity (Wildman–Crippen MR) is 104 cm³/mol. The minimum atomic E-state index is 0. The molecule has 23 heavy (non-hydrogen) atoms. The summed E-state index contributed by atoms with van der Waals surface area (Å²) in [4.78, 5) is 7.27. The number of rotatable bonds is 5. The van der Waals surface area contributed by atoms with Gasteiger partial charge in [0.2, 0.25) is 0 Å². The predicted octanol–water partition coefficient (Wildman–Crippen LogP) is 2.47. The van der Waals surface area contributed by atoms with Crippen molar-refractivity contribution in [2.24, 2.45) is 4.99 Å². The third-order valence-electron chi connectivity index (χ3n) is 3.64. The Bertz CT molecular complexity index is 663. The molecule has 0 aliphatic carbocycles. The second-order valence-electron chi connectivity index (χ2n) is 5.35. The highest BCUT2D eigenvalue weighted by atomic mass is 127. The van der Waals surface area contributed by atoms with Gasteiger partial charge in [0.15, 0.2) is 11.8 Å². The van der Waals surface area contributed by atoms with Gasteiger partial charge in [-0.25, -0.2) is 4.99 Å². The molecule has 2 aromatic heterocycles. The lowest BCUT2D eigenvalue weighted by atomic mass is 10.4. The van der Waals surface area contributed by atoms with Gasteiger partial charge in [0, 0.05) is 29.3 Å². The Morgan fingerprint density at radius 3 is 2.96 bits per heavy atom. The molecule has 0 amide bonds. The lowest BCUT2D eigenvalue weighted by molar-refractivity contribution is 0.684. The lowest BCUT2D eigenvalue weighted by Crippen LogP contribution is -2.36. The number of aryl methyl sites for hydroxylation is 2. The molecular weight excluding hydrogens is 423 g/mol. The number of thiophene rings is 1. The minimum Gasteiger partial charge on any atom is -0.357 e. The van der Waals surface area contributed by atoms with Crippen molar-refractivity contribution in [1.82, 2.24) is 25.4 Å². The van der Waals surface area contributed by atoms with Gasteiger partial charge in [-0.15, -0.1) is 45.5 Å². The number of guanidine groups is 1. The Morgan fingerprint density at radius 1 is 1.35 bits per heavy atom. The van der Waals surface area contributed by atoms with Crippen molar-refractivity contribution in [3.05, 3.63) is 33.5 Å². The fraction of sp³-hybridized carbons (Fsp3) is 0.533. The van der Waals surface area contributed by atoms with Crippen molar-refractivity contribution >= 4 is 41.3 Å². The maximum Gasteiger partial charge on any atom is 0.191 e. The van der Waals surface area contributed by atoms with E-state index in [0.717, 1.165) is 50.1 Å². The minimum absolute atomic E-state index is 0. The van der Waals surface area contributed by atoms with Crippen LogP contribution in [0.25, 0.3) is 0 Å². The van der Waals surface area contributed by atoms with Gasteiger partial charge >= 0.3 is 0 Å². The number of nitrogens with one attached hydrogen (secondary N) is 2. The van der Waals surface area contributed by atoms with Crippen LogP contribution < -0.4 is 10.6 Å². The molecule has 0 spiro atoms. The van der Waals surface area contributed by atoms with Crippen LogP contribution in [0.5, 0.6) is 0 Å². The second kappa shape index (κ2) is 8.62. The fourth-order valence-corrected chi connectivity index (χ4v) is 3.40. The van der Waals surface area contributed by atoms with Gasteiger partial charge in [0.1, 0.15) is 12.4 Å². The molecule has 3 rings (SSSR count). The Hall–Kier alpha value is -1.16. The Labute approximate surface area is 157 Å². The quantitative estimate of drug-likeness (QED) is 0.421. The van der Waals surface area contributed by atoms with Gasteiger partial charge in [-0.1, -0.05) is 0 Å². The molecule has 0 fully saturated rings. The molecule has 0 radical (unpaired) electrons. The average Bonchev–Trinajstić information content (AvgIpc) is 3.19. The lowest BCUT2D eigenvalue weighted by Gasteiger charge is -2.10. The van der Waals surface area contributed by atoms with E-state index in [1.165, 1.54) is 9.75 Å². The Morgan fingerprint density at radius 2 is 2.22 bits per heavy atom. The highest BCUT2D eigenvalue weighted by Crippen LogP contribution is 2.15. The van der Waals surface area contributed by atoms with Crippen LogP contribution in [0.2, 0.25) is 0 Å². The summed E-state index contributed by atoms with van der Waals surface area (Å²) in [7, 11) is 0. The number of halogens is 1. The van der Waals surface area contributed by atoms with Crippen LogP contribution >= 0.6 is 35.3 Å². The summed E-state index contributed by atoms with van der Waals surface area (Å²) >= 11 is 1.81. The third kappa shape index (κ3) is 4.66. The van der Waals surface area contributed by atoms with Crippen molar-refractivity contribution in [3.8, 4) is 0 Å². The SMILES string of the molecule is CCNC(=NCc1nnc2n1CCC2)NCc1ccc(C)s1.I. The molecule has 1 aliphatic rings. The highest BCUT2D eigenvalue weighted by Gasteiger charge is 2.16. The number of nitrogens with zero attached hydrogens (tertiary/aromatic N) is 4. The molecule has 1 aliphatic heterocycles. The van der Waals surface area contributed by atoms with Gasteiger partial charge < -0.3 is 15.2 Å². The van der Waals surface area contributed by atoms with Crippen LogP contribution in [0.1, 0.15) is 34.7 Å². The van der Waals surface area contributed by atoms with E-state index >= 15 is 0 Å². The van der Waals surface area contributed by atoms with E-state index < -0.39 is 0 Å². The average molecular weight is 446 g/mol. The largest absolute Gasteiger partial charge is 0.357 e. The van der Waals surface area contributed by atoms with E-state index in [4.69, 9.17) is 0 Å². The van der Waals surface area contributed by atoms with E-state index in [9.17, 15) is 0 Å². The molecule has 0 unspecified atom stereocenters. The Balaban J connectivity index is 0.00000192. The summed E-state index contributed by atoms with van der Waals surface area (Å²) in [5, 5.41) is 15.1. The third-order valence-corrected chi connectivity index (χ3v) is 4.64. The molecule has 8 heteroatoms. The van der Waals surface area contributed by atoms with Gasteiger partial charge in [-0.2, -0.15) is 0 Å². The van der Waals surface area contributed by atoms with Crippen LogP contribution in [0.4, 0.5) is 0 Å². The zero-order valence-corrected chi connectivity index (χ0v) is 16.6. The molecule has 0 saturated carbocycles. The molecule has 126 valence electrons. The van der Waals surface area contributed by atoms with Gasteiger partial charge in [-0.3, -0.25) is 0 Å². The summed E-state index contributed by atoms with van der Waals surface area (Å²) in [6.07, 6.45) is 2.20. The van der Waals surface area contributed by atoms with Crippen LogP contribution in [0.15, 0.2) is 17.1 Å². The monoisotopic (exact) mass is 446 g/mol. The molecule has 0 bridgehead atoms. The zero-order valence-electron chi connectivity index (χ0n) is 13.5. The van der Waals surface area contributed by atoms with Gasteiger partial charge in [0.25, 0.3) is 0 Å². The first-order chi connectivity index (χ1) is 10.8. The zero-order chi connectivity index (χ0) is 15.4. The van der Waals surface area contributed by atoms with E-state index in [2.05, 4.69) is 56.4 Å². The summed E-state index contributed by atoms with van der Waals surface area (Å²) < 4.78 is 2.19. The molecule has 3 heterocycles. The van der Waals surface area contributed by atoms with Crippen molar-refractivity contribution in [3.63, 3.8) is 0 Å². The van der Waals surface area contributed by atoms with Gasteiger partial charge in [0.05, 0.1) is 6.54 Å². The summed E-state index contributed by atoms with van der Waals surface area (Å²) in [5.41, 5.74) is 0. The Kier molecular flexibility index (Phi) is 6.82. The molecule has 6 nitrogen and oxygen atoms in total. The topological polar surface area (TPSA) is 67.1 Å². The standard InChI is InChI=1S/C15H22N6S.HI/c1-3-16-15(17-9-12-7-6-11(2)22-12)18-10-14-20-19-13-5-4-8-21(13)14;/h6-7H,3-5,8-10H2,1-2H3,(H2,16,17,18);1H. The van der Waals surface area contributed by atoms with Crippen LogP contribution in [-0.2, 0) is 26.1 Å². The second-order valence-corrected chi connectivity index (χ2v) is 6.72. The van der Waals surface area contributed by atoms with Gasteiger partial charge in [-0.05, 0) is 32.4 Å². The van der Waals surface area contributed by atoms with E-state index in [1.807, 2.05) is 11.3 Å². The van der Waals surface area contributed by atoms with Crippen LogP contribution in [0.3, 0.4) is 0 Å². The molecule has 2 N–H and O–H groups in total. The maximum absolute atomic E-state index is 4.63. The number of hydrogen-bond donors (Lipinski definition) is 2. The molecule has 0 saturated heterocycles. The molecule has 2 aromatic rings. The first-order valence-electron chi connectivity index (χ1n) is 7.74. The molecule has 0 aromatic carbocycles. The summed E-state index contributed by atoms with van der Waals surface area (Å²) in [6, 6.07) is 4.30. The molecular formula is C15H23IN6S. The van der Waals surface area contributed by atoms with E-state index in [1.54, 1.807) is 0 Å². The highest BCUT2D eigenvalue weighted by molar-refractivity contribution is 14.0. The van der Waals surface area contributed by atoms with Crippen molar-refractivity contribution < 1.29 is 0 Å². The van der Waals surface area contributed by atoms with Crippen molar-refractivity contribution in [2.45, 2.75) is 46.3 Å². The number of aliphatic imine (C=N–C) groups is 1. The van der Waals surface area contributed by atoms with E-state index in [-0.39, 0.29) is 24.0 Å². The summed E-state index contributed by atoms with van der Waals surface area (Å²) in [5.74, 6) is 2.87. The number of fused-ring (bicyclic) bond motifs is 1. The summed E-state index contributed by atoms with van der Waals surface area (Å²) in [6.45, 7) is 7.41. The molecule has 0 atom stereocenters. The smallest absolute Gasteiger partial charge is 0.191 e. The van der Waals surface area contributed by atoms with Crippen LogP contribution in [-0.4, -0.2) is 27.3 Å². The maximum atomic E-state index is 4.63. The normalized spacial score (nSPS) is 13.6. The van der Waals surface area contributed by atoms with E-state index in [0.29, 0.717) is 6.54 Å². The number of hydrogen-bond acceptors (Lipinski definition) is 4. The fourth-order valence-electron chi connectivity index (χ4n) is 2.57. The van der Waals surface area contributed by atoms with Crippen molar-refractivity contribution in [2.75, 3.05) is 6.54 Å². The number of aromatic nitrogens is 3.